The van der Waals surface area contributed by atoms with Crippen molar-refractivity contribution in [1.82, 2.24) is 5.32 Å². The molecule has 74 valence electrons. The highest BCUT2D eigenvalue weighted by molar-refractivity contribution is 7.99. The Morgan fingerprint density at radius 1 is 1.23 bits per heavy atom. The topological polar surface area (TPSA) is 12.0 Å². The highest BCUT2D eigenvalue weighted by Gasteiger charge is 2.47. The van der Waals surface area contributed by atoms with Gasteiger partial charge < -0.3 is 5.32 Å². The lowest BCUT2D eigenvalue weighted by Crippen LogP contribution is -2.33. The van der Waals surface area contributed by atoms with E-state index in [2.05, 4.69) is 17.1 Å². The maximum Gasteiger partial charge on any atom is 0.00983 e. The fourth-order valence-electron chi connectivity index (χ4n) is 3.02. The summed E-state index contributed by atoms with van der Waals surface area (Å²) in [6.07, 6.45) is 5.98. The van der Waals surface area contributed by atoms with Gasteiger partial charge in [-0.2, -0.15) is 11.8 Å². The summed E-state index contributed by atoms with van der Waals surface area (Å²) in [5.41, 5.74) is 0. The molecule has 0 aromatic rings. The van der Waals surface area contributed by atoms with Crippen molar-refractivity contribution in [1.29, 1.82) is 0 Å². The second-order valence-corrected chi connectivity index (χ2v) is 6.13. The zero-order valence-corrected chi connectivity index (χ0v) is 8.98. The second kappa shape index (κ2) is 3.47. The summed E-state index contributed by atoms with van der Waals surface area (Å²) in [6.45, 7) is 1.31. The molecule has 1 heterocycles. The molecule has 3 rings (SSSR count). The van der Waals surface area contributed by atoms with Crippen molar-refractivity contribution in [3.8, 4) is 0 Å². The standard InChI is InChI=1S/C11H19NS/c1-2-11(10-5-9(1)10)12-6-8-3-4-13-7-8/h8-12H,1-7H2. The van der Waals surface area contributed by atoms with E-state index >= 15 is 0 Å². The molecular weight excluding hydrogens is 178 g/mol. The SMILES string of the molecule is C1CC(CNC2CCC3CC32)CS1. The van der Waals surface area contributed by atoms with E-state index in [0.717, 1.165) is 23.8 Å². The predicted octanol–water partition coefficient (Wildman–Crippen LogP) is 2.13. The summed E-state index contributed by atoms with van der Waals surface area (Å²) >= 11 is 2.14. The van der Waals surface area contributed by atoms with Gasteiger partial charge in [-0.05, 0) is 61.5 Å². The highest BCUT2D eigenvalue weighted by atomic mass is 32.2. The third-order valence-electron chi connectivity index (χ3n) is 4.04. The average Bonchev–Trinajstić information content (AvgIpc) is 2.64. The molecule has 0 radical (unpaired) electrons. The molecule has 0 aromatic carbocycles. The highest BCUT2D eigenvalue weighted by Crippen LogP contribution is 2.51. The monoisotopic (exact) mass is 197 g/mol. The van der Waals surface area contributed by atoms with Crippen molar-refractivity contribution in [3.63, 3.8) is 0 Å². The van der Waals surface area contributed by atoms with Crippen molar-refractivity contribution < 1.29 is 0 Å². The first-order valence-corrected chi connectivity index (χ1v) is 6.90. The van der Waals surface area contributed by atoms with E-state index in [1.807, 2.05) is 0 Å². The molecular formula is C11H19NS. The fraction of sp³-hybridized carbons (Fsp3) is 1.00. The molecule has 2 heteroatoms. The molecule has 4 unspecified atom stereocenters. The molecule has 3 aliphatic rings. The van der Waals surface area contributed by atoms with Crippen molar-refractivity contribution in [3.05, 3.63) is 0 Å². The fourth-order valence-corrected chi connectivity index (χ4v) is 4.30. The maximum atomic E-state index is 3.80. The van der Waals surface area contributed by atoms with Crippen LogP contribution < -0.4 is 5.32 Å². The molecule has 1 saturated heterocycles. The van der Waals surface area contributed by atoms with E-state index in [-0.39, 0.29) is 0 Å². The Kier molecular flexibility index (Phi) is 2.30. The Morgan fingerprint density at radius 3 is 2.85 bits per heavy atom. The molecule has 1 aliphatic heterocycles. The van der Waals surface area contributed by atoms with Gasteiger partial charge in [-0.3, -0.25) is 0 Å². The van der Waals surface area contributed by atoms with Crippen LogP contribution in [0.3, 0.4) is 0 Å². The first-order valence-electron chi connectivity index (χ1n) is 5.74. The third kappa shape index (κ3) is 1.75. The van der Waals surface area contributed by atoms with Crippen LogP contribution in [0.5, 0.6) is 0 Å². The molecule has 0 bridgehead atoms. The summed E-state index contributed by atoms with van der Waals surface area (Å²) in [5, 5.41) is 3.80. The lowest BCUT2D eigenvalue weighted by atomic mass is 10.1. The maximum absolute atomic E-state index is 3.80. The minimum Gasteiger partial charge on any atom is -0.313 e. The molecule has 1 N–H and O–H groups in total. The van der Waals surface area contributed by atoms with Gasteiger partial charge in [0, 0.05) is 6.04 Å². The normalized spacial score (nSPS) is 48.0. The minimum atomic E-state index is 0.913. The van der Waals surface area contributed by atoms with E-state index < -0.39 is 0 Å². The number of thioether (sulfide) groups is 1. The van der Waals surface area contributed by atoms with Crippen molar-refractivity contribution in [2.45, 2.75) is 31.7 Å². The summed E-state index contributed by atoms with van der Waals surface area (Å²) in [5.74, 6) is 6.03. The Bertz CT molecular complexity index is 189. The van der Waals surface area contributed by atoms with Gasteiger partial charge in [-0.15, -0.1) is 0 Å². The smallest absolute Gasteiger partial charge is 0.00983 e. The zero-order chi connectivity index (χ0) is 8.67. The van der Waals surface area contributed by atoms with Gasteiger partial charge in [-0.25, -0.2) is 0 Å². The number of fused-ring (bicyclic) bond motifs is 1. The van der Waals surface area contributed by atoms with Crippen LogP contribution in [-0.4, -0.2) is 24.1 Å². The van der Waals surface area contributed by atoms with Crippen LogP contribution in [0.1, 0.15) is 25.7 Å². The van der Waals surface area contributed by atoms with Gasteiger partial charge in [0.25, 0.3) is 0 Å². The van der Waals surface area contributed by atoms with Gasteiger partial charge in [-0.1, -0.05) is 0 Å². The lowest BCUT2D eigenvalue weighted by molar-refractivity contribution is 0.426. The van der Waals surface area contributed by atoms with Crippen LogP contribution >= 0.6 is 11.8 Å². The summed E-state index contributed by atoms with van der Waals surface area (Å²) in [7, 11) is 0. The number of hydrogen-bond donors (Lipinski definition) is 1. The Morgan fingerprint density at radius 2 is 2.23 bits per heavy atom. The van der Waals surface area contributed by atoms with E-state index in [4.69, 9.17) is 0 Å². The summed E-state index contributed by atoms with van der Waals surface area (Å²) in [4.78, 5) is 0. The number of hydrogen-bond acceptors (Lipinski definition) is 2. The number of rotatable bonds is 3. The lowest BCUT2D eigenvalue weighted by Gasteiger charge is -2.17. The van der Waals surface area contributed by atoms with Gasteiger partial charge in [0.1, 0.15) is 0 Å². The molecule has 0 aromatic heterocycles. The van der Waals surface area contributed by atoms with E-state index in [1.54, 1.807) is 0 Å². The second-order valence-electron chi connectivity index (χ2n) is 4.98. The van der Waals surface area contributed by atoms with Crippen molar-refractivity contribution in [2.75, 3.05) is 18.1 Å². The molecule has 0 spiro atoms. The molecule has 13 heavy (non-hydrogen) atoms. The molecule has 2 aliphatic carbocycles. The van der Waals surface area contributed by atoms with E-state index in [9.17, 15) is 0 Å². The number of nitrogens with one attached hydrogen (secondary N) is 1. The molecule has 4 atom stereocenters. The Labute approximate surface area is 85.0 Å². The minimum absolute atomic E-state index is 0.913. The van der Waals surface area contributed by atoms with Crippen LogP contribution in [0.15, 0.2) is 0 Å². The quantitative estimate of drug-likeness (QED) is 0.744. The molecule has 2 saturated carbocycles. The van der Waals surface area contributed by atoms with Crippen LogP contribution in [0.25, 0.3) is 0 Å². The van der Waals surface area contributed by atoms with E-state index in [1.165, 1.54) is 43.7 Å². The van der Waals surface area contributed by atoms with Crippen LogP contribution in [0.4, 0.5) is 0 Å². The van der Waals surface area contributed by atoms with Gasteiger partial charge >= 0.3 is 0 Å². The first-order chi connectivity index (χ1) is 6.43. The third-order valence-corrected chi connectivity index (χ3v) is 5.27. The van der Waals surface area contributed by atoms with Crippen LogP contribution in [-0.2, 0) is 0 Å². The predicted molar refractivity (Wildman–Crippen MR) is 58.1 cm³/mol. The average molecular weight is 197 g/mol. The Balaban J connectivity index is 1.42. The van der Waals surface area contributed by atoms with Crippen molar-refractivity contribution >= 4 is 11.8 Å². The molecule has 3 fully saturated rings. The van der Waals surface area contributed by atoms with Gasteiger partial charge in [0.2, 0.25) is 0 Å². The largest absolute Gasteiger partial charge is 0.313 e. The van der Waals surface area contributed by atoms with Crippen molar-refractivity contribution in [2.24, 2.45) is 17.8 Å². The van der Waals surface area contributed by atoms with Gasteiger partial charge in [0.05, 0.1) is 0 Å². The summed E-state index contributed by atoms with van der Waals surface area (Å²) in [6, 6.07) is 0.913. The Hall–Kier alpha value is 0.310. The summed E-state index contributed by atoms with van der Waals surface area (Å²) < 4.78 is 0. The van der Waals surface area contributed by atoms with Gasteiger partial charge in [0.15, 0.2) is 0 Å². The molecule has 0 amide bonds. The van der Waals surface area contributed by atoms with E-state index in [0.29, 0.717) is 0 Å². The first kappa shape index (κ1) is 8.60. The van der Waals surface area contributed by atoms with Crippen LogP contribution in [0.2, 0.25) is 0 Å². The van der Waals surface area contributed by atoms with Crippen LogP contribution in [0, 0.1) is 17.8 Å². The molecule has 1 nitrogen and oxygen atoms in total. The zero-order valence-electron chi connectivity index (χ0n) is 8.17.